The van der Waals surface area contributed by atoms with Crippen molar-refractivity contribution in [1.29, 1.82) is 0 Å². The number of carbonyl (C=O) groups is 1. The van der Waals surface area contributed by atoms with Crippen LogP contribution in [-0.4, -0.2) is 50.5 Å². The van der Waals surface area contributed by atoms with Crippen LogP contribution in [0.4, 0.5) is 5.13 Å². The molecule has 0 aliphatic rings. The molecule has 2 rings (SSSR count). The van der Waals surface area contributed by atoms with Gasteiger partial charge in [0, 0.05) is 19.0 Å². The Hall–Kier alpha value is -1.47. The highest BCUT2D eigenvalue weighted by atomic mass is 32.1. The van der Waals surface area contributed by atoms with E-state index >= 15 is 0 Å². The second-order valence-corrected chi connectivity index (χ2v) is 11.8. The third kappa shape index (κ3) is 8.47. The molecule has 178 valence electrons. The molecule has 1 aromatic heterocycles. The second kappa shape index (κ2) is 10.6. The van der Waals surface area contributed by atoms with Crippen molar-refractivity contribution in [2.75, 3.05) is 25.7 Å². The molecule has 2 unspecified atom stereocenters. The zero-order valence-corrected chi connectivity index (χ0v) is 19.9. The SMILES string of the molecule is CNC(=O)c1ccc(-c2sc(N)nc2CCOCP(=O)(O)OP(=O)(O)OP(=O)(O)O)cc1. The topological polar surface area (TPSA) is 228 Å². The van der Waals surface area contributed by atoms with Crippen LogP contribution in [-0.2, 0) is 33.5 Å². The number of ether oxygens (including phenoxy) is 1. The zero-order valence-electron chi connectivity index (χ0n) is 16.4. The highest BCUT2D eigenvalue weighted by Crippen LogP contribution is 2.65. The molecule has 0 fully saturated rings. The first-order valence-corrected chi connectivity index (χ1v) is 14.1. The first kappa shape index (κ1) is 26.8. The molecule has 0 radical (unpaired) electrons. The third-order valence-corrected chi connectivity index (χ3v) is 8.54. The molecule has 0 saturated carbocycles. The number of thiazole rings is 1. The number of carbonyl (C=O) groups excluding carboxylic acids is 1. The number of amides is 1. The van der Waals surface area contributed by atoms with Crippen LogP contribution in [0.15, 0.2) is 24.3 Å². The van der Waals surface area contributed by atoms with E-state index < -0.39 is 29.6 Å². The zero-order chi connectivity index (χ0) is 24.2. The van der Waals surface area contributed by atoms with Crippen molar-refractivity contribution in [1.82, 2.24) is 10.3 Å². The number of nitrogens with zero attached hydrogens (tertiary/aromatic N) is 1. The minimum Gasteiger partial charge on any atom is -0.375 e. The van der Waals surface area contributed by atoms with Gasteiger partial charge in [-0.15, -0.1) is 0 Å². The Morgan fingerprint density at radius 2 is 1.75 bits per heavy atom. The maximum Gasteiger partial charge on any atom is 0.488 e. The molecule has 0 aliphatic carbocycles. The number of nitrogen functional groups attached to an aromatic ring is 1. The molecule has 7 N–H and O–H groups in total. The number of anilines is 1. The lowest BCUT2D eigenvalue weighted by Crippen LogP contribution is -2.17. The van der Waals surface area contributed by atoms with Gasteiger partial charge in [-0.3, -0.25) is 9.36 Å². The van der Waals surface area contributed by atoms with Crippen molar-refractivity contribution in [2.45, 2.75) is 6.42 Å². The fourth-order valence-electron chi connectivity index (χ4n) is 2.37. The number of nitrogens with two attached hydrogens (primary N) is 1. The molecule has 0 spiro atoms. The van der Waals surface area contributed by atoms with E-state index in [4.69, 9.17) is 25.2 Å². The lowest BCUT2D eigenvalue weighted by molar-refractivity contribution is 0.0963. The summed E-state index contributed by atoms with van der Waals surface area (Å²) in [5, 5.41) is 2.77. The van der Waals surface area contributed by atoms with Gasteiger partial charge in [-0.05, 0) is 17.7 Å². The van der Waals surface area contributed by atoms with Crippen molar-refractivity contribution in [3.8, 4) is 10.4 Å². The number of aromatic nitrogens is 1. The summed E-state index contributed by atoms with van der Waals surface area (Å²) in [6.45, 7) is -0.171. The average molecular weight is 531 g/mol. The van der Waals surface area contributed by atoms with Crippen LogP contribution in [0.25, 0.3) is 10.4 Å². The summed E-state index contributed by atoms with van der Waals surface area (Å²) in [6, 6.07) is 6.65. The summed E-state index contributed by atoms with van der Waals surface area (Å²) in [7, 11) is -14.3. The molecular formula is C14H20N3O11P3S. The number of rotatable bonds is 11. The summed E-state index contributed by atoms with van der Waals surface area (Å²) in [6.07, 6.45) is -0.923. The van der Waals surface area contributed by atoms with Gasteiger partial charge in [-0.2, -0.15) is 4.31 Å². The highest BCUT2D eigenvalue weighted by Gasteiger charge is 2.39. The standard InChI is InChI=1S/C14H20N3O11P3S/c1-16-13(18)10-4-2-9(3-5-10)12-11(17-14(15)32-12)6-7-26-8-29(19,20)27-31(24,25)28-30(21,22)23/h2-5H,6-8H2,1H3,(H2,15,17)(H,16,18)(H,19,20)(H,24,25)(H2,21,22,23). The normalized spacial score (nSPS) is 15.7. The first-order chi connectivity index (χ1) is 14.7. The molecule has 1 aromatic carbocycles. The van der Waals surface area contributed by atoms with Crippen LogP contribution in [0, 0.1) is 0 Å². The lowest BCUT2D eigenvalue weighted by Gasteiger charge is -2.16. The number of nitrogens with one attached hydrogen (secondary N) is 1. The van der Waals surface area contributed by atoms with Crippen LogP contribution in [0.2, 0.25) is 0 Å². The molecule has 1 amide bonds. The Labute approximate surface area is 185 Å². The van der Waals surface area contributed by atoms with Crippen LogP contribution in [0.3, 0.4) is 0 Å². The molecule has 0 bridgehead atoms. The maximum absolute atomic E-state index is 11.8. The molecule has 2 aromatic rings. The van der Waals surface area contributed by atoms with E-state index in [2.05, 4.69) is 18.9 Å². The molecule has 1 heterocycles. The van der Waals surface area contributed by atoms with Gasteiger partial charge in [0.1, 0.15) is 6.35 Å². The van der Waals surface area contributed by atoms with Crippen molar-refractivity contribution < 1.29 is 51.4 Å². The monoisotopic (exact) mass is 531 g/mol. The van der Waals surface area contributed by atoms with E-state index in [1.807, 2.05) is 0 Å². The van der Waals surface area contributed by atoms with Crippen LogP contribution in [0.5, 0.6) is 0 Å². The minimum atomic E-state index is -5.51. The summed E-state index contributed by atoms with van der Waals surface area (Å²) >= 11 is 1.19. The first-order valence-electron chi connectivity index (χ1n) is 8.49. The Morgan fingerprint density at radius 1 is 1.12 bits per heavy atom. The smallest absolute Gasteiger partial charge is 0.375 e. The maximum atomic E-state index is 11.8. The average Bonchev–Trinajstić information content (AvgIpc) is 3.02. The quantitative estimate of drug-likeness (QED) is 0.179. The van der Waals surface area contributed by atoms with Gasteiger partial charge in [-0.1, -0.05) is 23.5 Å². The Kier molecular flexibility index (Phi) is 8.90. The van der Waals surface area contributed by atoms with E-state index in [1.54, 1.807) is 24.3 Å². The lowest BCUT2D eigenvalue weighted by atomic mass is 10.1. The van der Waals surface area contributed by atoms with Gasteiger partial charge in [0.25, 0.3) is 5.91 Å². The van der Waals surface area contributed by atoms with E-state index in [-0.39, 0.29) is 24.1 Å². The molecule has 32 heavy (non-hydrogen) atoms. The Morgan fingerprint density at radius 3 is 2.31 bits per heavy atom. The summed E-state index contributed by atoms with van der Waals surface area (Å²) in [4.78, 5) is 52.2. The van der Waals surface area contributed by atoms with Crippen molar-refractivity contribution in [3.63, 3.8) is 0 Å². The van der Waals surface area contributed by atoms with Gasteiger partial charge in [0.05, 0.1) is 17.2 Å². The van der Waals surface area contributed by atoms with Gasteiger partial charge in [0.2, 0.25) is 0 Å². The Balaban J connectivity index is 1.98. The second-order valence-electron chi connectivity index (χ2n) is 6.03. The summed E-state index contributed by atoms with van der Waals surface area (Å²) in [5.74, 6) is -0.247. The van der Waals surface area contributed by atoms with E-state index in [0.29, 0.717) is 16.1 Å². The largest absolute Gasteiger partial charge is 0.488 e. The van der Waals surface area contributed by atoms with Gasteiger partial charge < -0.3 is 35.4 Å². The fraction of sp³-hybridized carbons (Fsp3) is 0.286. The molecule has 14 nitrogen and oxygen atoms in total. The molecule has 18 heteroatoms. The Bertz CT molecular complexity index is 1100. The predicted molar refractivity (Wildman–Crippen MR) is 114 cm³/mol. The van der Waals surface area contributed by atoms with Crippen molar-refractivity contribution in [3.05, 3.63) is 35.5 Å². The van der Waals surface area contributed by atoms with Crippen LogP contribution >= 0.6 is 34.6 Å². The molecule has 0 aliphatic heterocycles. The van der Waals surface area contributed by atoms with Gasteiger partial charge >= 0.3 is 23.2 Å². The number of hydrogen-bond acceptors (Lipinski definition) is 10. The minimum absolute atomic E-state index is 0.135. The molecular weight excluding hydrogens is 511 g/mol. The molecule has 0 saturated heterocycles. The van der Waals surface area contributed by atoms with Crippen LogP contribution in [0.1, 0.15) is 16.1 Å². The number of benzene rings is 1. The van der Waals surface area contributed by atoms with E-state index in [1.165, 1.54) is 18.4 Å². The third-order valence-electron chi connectivity index (χ3n) is 3.53. The predicted octanol–water partition coefficient (Wildman–Crippen LogP) is 1.68. The van der Waals surface area contributed by atoms with Crippen LogP contribution < -0.4 is 11.1 Å². The van der Waals surface area contributed by atoms with E-state index in [9.17, 15) is 23.4 Å². The highest BCUT2D eigenvalue weighted by molar-refractivity contribution is 7.68. The number of phosphoric acid groups is 2. The fourth-order valence-corrected chi connectivity index (χ4v) is 6.55. The molecule has 2 atom stereocenters. The van der Waals surface area contributed by atoms with Crippen molar-refractivity contribution in [2.24, 2.45) is 0 Å². The van der Waals surface area contributed by atoms with Crippen molar-refractivity contribution >= 4 is 45.6 Å². The van der Waals surface area contributed by atoms with E-state index in [0.717, 1.165) is 5.56 Å². The van der Waals surface area contributed by atoms with Gasteiger partial charge in [0.15, 0.2) is 5.13 Å². The van der Waals surface area contributed by atoms with Gasteiger partial charge in [-0.25, -0.2) is 18.4 Å². The summed E-state index contributed by atoms with van der Waals surface area (Å²) in [5.41, 5.74) is 7.47. The number of hydrogen-bond donors (Lipinski definition) is 6. The summed E-state index contributed by atoms with van der Waals surface area (Å²) < 4.78 is 46.1.